The number of anilines is 2. The summed E-state index contributed by atoms with van der Waals surface area (Å²) in [6.07, 6.45) is 3.70. The van der Waals surface area contributed by atoms with Gasteiger partial charge in [0.15, 0.2) is 5.82 Å². The van der Waals surface area contributed by atoms with Gasteiger partial charge in [-0.2, -0.15) is 4.68 Å². The topological polar surface area (TPSA) is 93.1 Å². The van der Waals surface area contributed by atoms with Gasteiger partial charge >= 0.3 is 0 Å². The lowest BCUT2D eigenvalue weighted by atomic mass is 10.2. The van der Waals surface area contributed by atoms with Crippen molar-refractivity contribution in [1.82, 2.24) is 14.5 Å². The molecule has 1 heterocycles. The van der Waals surface area contributed by atoms with E-state index in [0.717, 1.165) is 25.7 Å². The van der Waals surface area contributed by atoms with Crippen LogP contribution in [0.2, 0.25) is 0 Å². The first-order valence-corrected chi connectivity index (χ1v) is 10.9. The van der Waals surface area contributed by atoms with E-state index in [-0.39, 0.29) is 22.7 Å². The number of rotatable bonds is 5. The third-order valence-corrected chi connectivity index (χ3v) is 6.56. The Morgan fingerprint density at radius 2 is 1.83 bits per heavy atom. The molecular weight excluding hydrogens is 395 g/mol. The second-order valence-corrected chi connectivity index (χ2v) is 8.91. The van der Waals surface area contributed by atoms with Crippen molar-refractivity contribution in [2.45, 2.75) is 43.5 Å². The Morgan fingerprint density at radius 3 is 2.48 bits per heavy atom. The van der Waals surface area contributed by atoms with Crippen LogP contribution in [0.25, 0.3) is 10.9 Å². The standard InChI is InChI=1S/C20H21FN4O3S/c1-13(26)25-19-11-10-17(29(27,28)24-16-4-2-3-5-16)12-18(19)20(23-25)22-15-8-6-14(21)7-9-15/h6-12,16,24H,2-5H2,1H3,(H,22,23). The van der Waals surface area contributed by atoms with Crippen molar-refractivity contribution >= 4 is 38.3 Å². The molecule has 2 aromatic carbocycles. The highest BCUT2D eigenvalue weighted by molar-refractivity contribution is 7.89. The number of aromatic nitrogens is 2. The molecule has 7 nitrogen and oxygen atoms in total. The van der Waals surface area contributed by atoms with E-state index in [0.29, 0.717) is 22.4 Å². The monoisotopic (exact) mass is 416 g/mol. The summed E-state index contributed by atoms with van der Waals surface area (Å²) in [5, 5.41) is 7.80. The lowest BCUT2D eigenvalue weighted by Gasteiger charge is -2.12. The van der Waals surface area contributed by atoms with E-state index in [4.69, 9.17) is 0 Å². The number of hydrogen-bond acceptors (Lipinski definition) is 5. The van der Waals surface area contributed by atoms with Crippen molar-refractivity contribution in [1.29, 1.82) is 0 Å². The third-order valence-electron chi connectivity index (χ3n) is 5.04. The lowest BCUT2D eigenvalue weighted by Crippen LogP contribution is -2.32. The molecule has 0 spiro atoms. The van der Waals surface area contributed by atoms with E-state index >= 15 is 0 Å². The summed E-state index contributed by atoms with van der Waals surface area (Å²) in [5.41, 5.74) is 1.06. The smallest absolute Gasteiger partial charge is 0.244 e. The number of nitrogens with zero attached hydrogens (tertiary/aromatic N) is 2. The Kier molecular flexibility index (Phi) is 5.10. The van der Waals surface area contributed by atoms with E-state index in [2.05, 4.69) is 15.1 Å². The largest absolute Gasteiger partial charge is 0.338 e. The highest BCUT2D eigenvalue weighted by atomic mass is 32.2. The molecule has 152 valence electrons. The fourth-order valence-corrected chi connectivity index (χ4v) is 4.93. The number of nitrogens with one attached hydrogen (secondary N) is 2. The van der Waals surface area contributed by atoms with Gasteiger partial charge in [0.25, 0.3) is 0 Å². The van der Waals surface area contributed by atoms with Crippen molar-refractivity contribution in [2.75, 3.05) is 5.32 Å². The van der Waals surface area contributed by atoms with Crippen LogP contribution in [0.3, 0.4) is 0 Å². The van der Waals surface area contributed by atoms with Gasteiger partial charge in [-0.1, -0.05) is 12.8 Å². The van der Waals surface area contributed by atoms with Gasteiger partial charge in [-0.15, -0.1) is 5.10 Å². The normalized spacial score (nSPS) is 15.1. The molecule has 0 bridgehead atoms. The van der Waals surface area contributed by atoms with Crippen molar-refractivity contribution < 1.29 is 17.6 Å². The summed E-state index contributed by atoms with van der Waals surface area (Å²) < 4.78 is 42.8. The van der Waals surface area contributed by atoms with Gasteiger partial charge in [-0.05, 0) is 55.3 Å². The van der Waals surface area contributed by atoms with Crippen LogP contribution in [0.15, 0.2) is 47.4 Å². The van der Waals surface area contributed by atoms with E-state index in [1.165, 1.54) is 48.0 Å². The molecule has 0 saturated heterocycles. The van der Waals surface area contributed by atoms with Crippen LogP contribution < -0.4 is 10.0 Å². The van der Waals surface area contributed by atoms with Crippen molar-refractivity contribution in [2.24, 2.45) is 0 Å². The summed E-state index contributed by atoms with van der Waals surface area (Å²) in [5.74, 6) is -0.359. The van der Waals surface area contributed by atoms with Crippen molar-refractivity contribution in [3.8, 4) is 0 Å². The van der Waals surface area contributed by atoms with E-state index in [1.54, 1.807) is 6.07 Å². The Hall–Kier alpha value is -2.78. The SMILES string of the molecule is CC(=O)n1nc(Nc2ccc(F)cc2)c2cc(S(=O)(=O)NC3CCCC3)ccc21. The molecule has 1 saturated carbocycles. The highest BCUT2D eigenvalue weighted by Gasteiger charge is 2.24. The maximum absolute atomic E-state index is 13.2. The van der Waals surface area contributed by atoms with Crippen LogP contribution >= 0.6 is 0 Å². The molecule has 1 fully saturated rings. The maximum Gasteiger partial charge on any atom is 0.244 e. The number of carbonyl (C=O) groups excluding carboxylic acids is 1. The number of fused-ring (bicyclic) bond motifs is 1. The summed E-state index contributed by atoms with van der Waals surface area (Å²) in [4.78, 5) is 12.1. The summed E-state index contributed by atoms with van der Waals surface area (Å²) in [6.45, 7) is 1.38. The number of carbonyl (C=O) groups is 1. The predicted octanol–water partition coefficient (Wildman–Crippen LogP) is 3.80. The number of benzene rings is 2. The molecule has 4 rings (SSSR count). The number of halogens is 1. The van der Waals surface area contributed by atoms with E-state index in [1.807, 2.05) is 0 Å². The minimum Gasteiger partial charge on any atom is -0.338 e. The first kappa shape index (κ1) is 19.5. The average molecular weight is 416 g/mol. The van der Waals surface area contributed by atoms with Crippen molar-refractivity contribution in [3.63, 3.8) is 0 Å². The molecule has 1 aliphatic carbocycles. The zero-order chi connectivity index (χ0) is 20.6. The first-order valence-electron chi connectivity index (χ1n) is 9.42. The second-order valence-electron chi connectivity index (χ2n) is 7.19. The Morgan fingerprint density at radius 1 is 1.14 bits per heavy atom. The Balaban J connectivity index is 1.75. The molecular formula is C20H21FN4O3S. The second kappa shape index (κ2) is 7.57. The van der Waals surface area contributed by atoms with E-state index < -0.39 is 10.0 Å². The zero-order valence-electron chi connectivity index (χ0n) is 15.9. The van der Waals surface area contributed by atoms with Crippen LogP contribution in [0.1, 0.15) is 37.4 Å². The highest BCUT2D eigenvalue weighted by Crippen LogP contribution is 2.29. The van der Waals surface area contributed by atoms with Gasteiger partial charge in [-0.3, -0.25) is 4.79 Å². The van der Waals surface area contributed by atoms with Crippen LogP contribution in [0.5, 0.6) is 0 Å². The van der Waals surface area contributed by atoms with E-state index in [9.17, 15) is 17.6 Å². The van der Waals surface area contributed by atoms with Crippen LogP contribution in [0, 0.1) is 5.82 Å². The van der Waals surface area contributed by atoms with Crippen LogP contribution in [-0.4, -0.2) is 30.1 Å². The minimum absolute atomic E-state index is 0.0487. The molecule has 0 aliphatic heterocycles. The lowest BCUT2D eigenvalue weighted by molar-refractivity contribution is 0.0927. The van der Waals surface area contributed by atoms with Crippen molar-refractivity contribution in [3.05, 3.63) is 48.3 Å². The first-order chi connectivity index (χ1) is 13.8. The summed E-state index contributed by atoms with van der Waals surface area (Å²) in [6, 6.07) is 10.2. The molecule has 0 atom stereocenters. The van der Waals surface area contributed by atoms with Gasteiger partial charge < -0.3 is 5.32 Å². The molecule has 0 amide bonds. The fraction of sp³-hybridized carbons (Fsp3) is 0.300. The number of hydrogen-bond donors (Lipinski definition) is 2. The molecule has 0 unspecified atom stereocenters. The molecule has 29 heavy (non-hydrogen) atoms. The fourth-order valence-electron chi connectivity index (χ4n) is 3.60. The van der Waals surface area contributed by atoms with Gasteiger partial charge in [0.05, 0.1) is 10.4 Å². The quantitative estimate of drug-likeness (QED) is 0.660. The van der Waals surface area contributed by atoms with Gasteiger partial charge in [-0.25, -0.2) is 17.5 Å². The molecule has 3 aromatic rings. The maximum atomic E-state index is 13.2. The minimum atomic E-state index is -3.69. The molecule has 2 N–H and O–H groups in total. The number of sulfonamides is 1. The Bertz CT molecular complexity index is 1170. The van der Waals surface area contributed by atoms with Gasteiger partial charge in [0, 0.05) is 24.0 Å². The Labute approximate surface area is 168 Å². The molecule has 1 aromatic heterocycles. The molecule has 1 aliphatic rings. The van der Waals surface area contributed by atoms with Gasteiger partial charge in [0.2, 0.25) is 15.9 Å². The summed E-state index contributed by atoms with van der Waals surface area (Å²) in [7, 11) is -3.69. The zero-order valence-corrected chi connectivity index (χ0v) is 16.7. The molecule has 9 heteroatoms. The summed E-state index contributed by atoms with van der Waals surface area (Å²) >= 11 is 0. The van der Waals surface area contributed by atoms with Crippen LogP contribution in [0.4, 0.5) is 15.9 Å². The van der Waals surface area contributed by atoms with Gasteiger partial charge in [0.1, 0.15) is 5.82 Å². The third kappa shape index (κ3) is 4.01. The molecule has 0 radical (unpaired) electrons. The average Bonchev–Trinajstić information content (AvgIpc) is 3.31. The predicted molar refractivity (Wildman–Crippen MR) is 108 cm³/mol. The van der Waals surface area contributed by atoms with Crippen LogP contribution in [-0.2, 0) is 10.0 Å².